The van der Waals surface area contributed by atoms with Crippen molar-refractivity contribution in [2.24, 2.45) is 0 Å². The van der Waals surface area contributed by atoms with Gasteiger partial charge in [-0.15, -0.1) is 0 Å². The Bertz CT molecular complexity index is 161. The second-order valence-corrected chi connectivity index (χ2v) is 3.13. The van der Waals surface area contributed by atoms with Gasteiger partial charge in [0.2, 0.25) is 5.91 Å². The molecule has 12 heavy (non-hydrogen) atoms. The van der Waals surface area contributed by atoms with Crippen LogP contribution in [-0.2, 0) is 9.90 Å². The first-order valence-electron chi connectivity index (χ1n) is 4.31. The summed E-state index contributed by atoms with van der Waals surface area (Å²) in [6.07, 6.45) is 1.99. The first kappa shape index (κ1) is 9.48. The molecule has 4 nitrogen and oxygen atoms in total. The smallest absolute Gasteiger partial charge is 0.237 e. The van der Waals surface area contributed by atoms with Gasteiger partial charge in [0.05, 0.1) is 12.6 Å². The zero-order chi connectivity index (χ0) is 8.97. The van der Waals surface area contributed by atoms with Crippen molar-refractivity contribution in [3.63, 3.8) is 0 Å². The van der Waals surface area contributed by atoms with E-state index in [1.54, 1.807) is 0 Å². The number of hydrogen-bond donors (Lipinski definition) is 1. The summed E-state index contributed by atoms with van der Waals surface area (Å²) in [5.74, 6) is 0.00542. The van der Waals surface area contributed by atoms with Crippen LogP contribution < -0.4 is 5.32 Å². The molecule has 1 N–H and O–H groups in total. The highest BCUT2D eigenvalue weighted by molar-refractivity contribution is 5.81. The summed E-state index contributed by atoms with van der Waals surface area (Å²) in [5, 5.41) is 12.7. The molecule has 0 bridgehead atoms. The minimum absolute atomic E-state index is 0.00319. The van der Waals surface area contributed by atoms with Gasteiger partial charge in [0, 0.05) is 6.54 Å². The number of amides is 1. The van der Waals surface area contributed by atoms with Crippen LogP contribution in [0.25, 0.3) is 0 Å². The molecule has 0 aromatic carbocycles. The molecule has 0 saturated carbocycles. The average Bonchev–Trinajstić information content (AvgIpc) is 2.47. The lowest BCUT2D eigenvalue weighted by Crippen LogP contribution is -2.42. The van der Waals surface area contributed by atoms with Crippen LogP contribution in [0.3, 0.4) is 0 Å². The van der Waals surface area contributed by atoms with E-state index in [1.165, 1.54) is 0 Å². The Kier molecular flexibility index (Phi) is 3.49. The Morgan fingerprint density at radius 2 is 2.42 bits per heavy atom. The molecule has 4 heteroatoms. The van der Waals surface area contributed by atoms with Gasteiger partial charge in [-0.1, -0.05) is 0 Å². The Labute approximate surface area is 72.6 Å². The highest BCUT2D eigenvalue weighted by atomic mass is 16.3. The molecular formula is C8H15N2O2. The molecule has 0 unspecified atom stereocenters. The first-order chi connectivity index (χ1) is 5.75. The maximum absolute atomic E-state index is 11.3. The van der Waals surface area contributed by atoms with E-state index in [1.807, 2.05) is 11.9 Å². The topological polar surface area (TPSA) is 52.2 Å². The van der Waals surface area contributed by atoms with E-state index in [4.69, 9.17) is 0 Å². The molecule has 1 fully saturated rings. The zero-order valence-corrected chi connectivity index (χ0v) is 7.38. The van der Waals surface area contributed by atoms with E-state index in [-0.39, 0.29) is 25.1 Å². The first-order valence-corrected chi connectivity index (χ1v) is 4.31. The second-order valence-electron chi connectivity index (χ2n) is 3.13. The van der Waals surface area contributed by atoms with Crippen LogP contribution in [0.4, 0.5) is 0 Å². The van der Waals surface area contributed by atoms with Crippen LogP contribution in [0, 0.1) is 0 Å². The Morgan fingerprint density at radius 1 is 1.67 bits per heavy atom. The monoisotopic (exact) mass is 171 g/mol. The normalized spacial score (nSPS) is 24.3. The van der Waals surface area contributed by atoms with Gasteiger partial charge in [-0.25, -0.2) is 5.11 Å². The lowest BCUT2D eigenvalue weighted by atomic mass is 10.2. The van der Waals surface area contributed by atoms with Crippen LogP contribution >= 0.6 is 0 Å². The maximum atomic E-state index is 11.3. The second kappa shape index (κ2) is 4.42. The van der Waals surface area contributed by atoms with Crippen molar-refractivity contribution in [2.75, 3.05) is 26.7 Å². The molecule has 0 aromatic rings. The largest absolute Gasteiger partial charge is 0.352 e. The molecule has 0 spiro atoms. The third kappa shape index (κ3) is 2.19. The molecule has 0 aromatic heterocycles. The highest BCUT2D eigenvalue weighted by Gasteiger charge is 2.26. The van der Waals surface area contributed by atoms with Crippen LogP contribution in [0.2, 0.25) is 0 Å². The van der Waals surface area contributed by atoms with Gasteiger partial charge in [0.15, 0.2) is 0 Å². The van der Waals surface area contributed by atoms with Gasteiger partial charge < -0.3 is 5.32 Å². The summed E-state index contributed by atoms with van der Waals surface area (Å²) in [6.45, 7) is 1.00. The fraction of sp³-hybridized carbons (Fsp3) is 0.875. The van der Waals surface area contributed by atoms with Gasteiger partial charge in [-0.3, -0.25) is 9.69 Å². The molecule has 1 saturated heterocycles. The van der Waals surface area contributed by atoms with Crippen molar-refractivity contribution in [3.05, 3.63) is 0 Å². The van der Waals surface area contributed by atoms with Gasteiger partial charge in [0.25, 0.3) is 0 Å². The fourth-order valence-electron chi connectivity index (χ4n) is 1.53. The number of nitrogens with one attached hydrogen (secondary N) is 1. The summed E-state index contributed by atoms with van der Waals surface area (Å²) >= 11 is 0. The Balaban J connectivity index is 2.30. The molecule has 1 rings (SSSR count). The molecule has 1 aliphatic rings. The van der Waals surface area contributed by atoms with Crippen molar-refractivity contribution in [3.8, 4) is 0 Å². The molecule has 1 amide bonds. The SMILES string of the molecule is CN1CCC[C@@H]1C(=O)NCC[O]. The third-order valence-electron chi connectivity index (χ3n) is 2.22. The predicted octanol–water partition coefficient (Wildman–Crippen LogP) is -0.373. The van der Waals surface area contributed by atoms with Crippen LogP contribution in [-0.4, -0.2) is 43.6 Å². The van der Waals surface area contributed by atoms with Crippen LogP contribution in [0.5, 0.6) is 0 Å². The van der Waals surface area contributed by atoms with E-state index < -0.39 is 0 Å². The van der Waals surface area contributed by atoms with E-state index in [2.05, 4.69) is 5.32 Å². The number of carbonyl (C=O) groups is 1. The molecule has 1 aliphatic heterocycles. The standard InChI is InChI=1S/C8H15N2O2/c1-10-5-2-3-7(10)8(12)9-4-6-11/h7H,2-6H2,1H3,(H,9,12)/t7-/m1/s1. The molecular weight excluding hydrogens is 156 g/mol. The predicted molar refractivity (Wildman–Crippen MR) is 44.2 cm³/mol. The Hall–Kier alpha value is -0.610. The van der Waals surface area contributed by atoms with Crippen molar-refractivity contribution in [2.45, 2.75) is 18.9 Å². The van der Waals surface area contributed by atoms with E-state index in [0.717, 1.165) is 19.4 Å². The lowest BCUT2D eigenvalue weighted by Gasteiger charge is -2.17. The molecule has 0 aliphatic carbocycles. The zero-order valence-electron chi connectivity index (χ0n) is 7.38. The molecule has 69 valence electrons. The molecule has 1 heterocycles. The van der Waals surface area contributed by atoms with Gasteiger partial charge >= 0.3 is 0 Å². The maximum Gasteiger partial charge on any atom is 0.237 e. The summed E-state index contributed by atoms with van der Waals surface area (Å²) in [5.41, 5.74) is 0. The molecule has 1 atom stereocenters. The van der Waals surface area contributed by atoms with Crippen molar-refractivity contribution in [1.82, 2.24) is 10.2 Å². The summed E-state index contributed by atoms with van der Waals surface area (Å²) < 4.78 is 0. The summed E-state index contributed by atoms with van der Waals surface area (Å²) in [4.78, 5) is 13.4. The Morgan fingerprint density at radius 3 is 2.92 bits per heavy atom. The van der Waals surface area contributed by atoms with Gasteiger partial charge in [-0.2, -0.15) is 0 Å². The van der Waals surface area contributed by atoms with Crippen molar-refractivity contribution in [1.29, 1.82) is 0 Å². The number of carbonyl (C=O) groups excluding carboxylic acids is 1. The van der Waals surface area contributed by atoms with E-state index >= 15 is 0 Å². The number of likely N-dealkylation sites (tertiary alicyclic amines) is 1. The van der Waals surface area contributed by atoms with Crippen molar-refractivity contribution < 1.29 is 9.90 Å². The minimum Gasteiger partial charge on any atom is -0.352 e. The van der Waals surface area contributed by atoms with E-state index in [0.29, 0.717) is 0 Å². The summed E-state index contributed by atoms with van der Waals surface area (Å²) in [6, 6.07) is -0.00319. The quantitative estimate of drug-likeness (QED) is 0.629. The average molecular weight is 171 g/mol. The molecule has 1 radical (unpaired) electrons. The fourth-order valence-corrected chi connectivity index (χ4v) is 1.53. The summed E-state index contributed by atoms with van der Waals surface area (Å²) in [7, 11) is 1.94. The van der Waals surface area contributed by atoms with Gasteiger partial charge in [-0.05, 0) is 26.4 Å². The van der Waals surface area contributed by atoms with E-state index in [9.17, 15) is 9.90 Å². The van der Waals surface area contributed by atoms with Crippen molar-refractivity contribution >= 4 is 5.91 Å². The van der Waals surface area contributed by atoms with Crippen LogP contribution in [0.1, 0.15) is 12.8 Å². The number of likely N-dealkylation sites (N-methyl/N-ethyl adjacent to an activating group) is 1. The third-order valence-corrected chi connectivity index (χ3v) is 2.22. The highest BCUT2D eigenvalue weighted by Crippen LogP contribution is 2.14. The van der Waals surface area contributed by atoms with Gasteiger partial charge in [0.1, 0.15) is 0 Å². The number of hydrogen-bond acceptors (Lipinski definition) is 2. The number of nitrogens with zero attached hydrogens (tertiary/aromatic N) is 1. The minimum atomic E-state index is -0.234. The lowest BCUT2D eigenvalue weighted by molar-refractivity contribution is -0.125. The van der Waals surface area contributed by atoms with Crippen LogP contribution in [0.15, 0.2) is 0 Å². The number of rotatable bonds is 3.